The lowest BCUT2D eigenvalue weighted by molar-refractivity contribution is 0.144. The van der Waals surface area contributed by atoms with Crippen LogP contribution in [0.15, 0.2) is 30.6 Å². The van der Waals surface area contributed by atoms with Crippen molar-refractivity contribution in [1.82, 2.24) is 19.5 Å². The van der Waals surface area contributed by atoms with E-state index in [2.05, 4.69) is 21.0 Å². The minimum atomic E-state index is -3.17. The minimum absolute atomic E-state index is 0.119. The van der Waals surface area contributed by atoms with Gasteiger partial charge in [-0.3, -0.25) is 4.57 Å². The number of hydrogen-bond acceptors (Lipinski definition) is 10. The number of nitrogen functional groups attached to an aromatic ring is 1. The van der Waals surface area contributed by atoms with Crippen molar-refractivity contribution in [3.05, 3.63) is 41.7 Å². The average Bonchev–Trinajstić information content (AvgIpc) is 3.15. The van der Waals surface area contributed by atoms with Gasteiger partial charge >= 0.3 is 7.60 Å². The summed E-state index contributed by atoms with van der Waals surface area (Å²) >= 11 is 1.53. The van der Waals surface area contributed by atoms with Crippen LogP contribution in [0.25, 0.3) is 11.2 Å². The molecule has 0 unspecified atom stereocenters. The second-order valence-corrected chi connectivity index (χ2v) is 11.9. The summed E-state index contributed by atoms with van der Waals surface area (Å²) in [5.74, 6) is 1.14. The molecule has 0 fully saturated rings. The van der Waals surface area contributed by atoms with Crippen LogP contribution >= 0.6 is 19.4 Å². The van der Waals surface area contributed by atoms with E-state index in [1.54, 1.807) is 13.4 Å². The highest BCUT2D eigenvalue weighted by atomic mass is 32.2. The predicted octanol–water partition coefficient (Wildman–Crippen LogP) is 4.72. The number of thioether (sulfide) groups is 1. The molecule has 2 aromatic heterocycles. The summed E-state index contributed by atoms with van der Waals surface area (Å²) in [5, 5.41) is 0. The zero-order valence-electron chi connectivity index (χ0n) is 20.8. The van der Waals surface area contributed by atoms with Crippen molar-refractivity contribution in [2.24, 2.45) is 0 Å². The first-order valence-corrected chi connectivity index (χ1v) is 14.3. The molecule has 2 N–H and O–H groups in total. The van der Waals surface area contributed by atoms with Gasteiger partial charge in [0.1, 0.15) is 6.61 Å². The van der Waals surface area contributed by atoms with Crippen LogP contribution in [0.5, 0.6) is 5.88 Å². The van der Waals surface area contributed by atoms with E-state index in [1.165, 1.54) is 11.8 Å². The van der Waals surface area contributed by atoms with E-state index in [9.17, 15) is 4.57 Å². The normalized spacial score (nSPS) is 12.2. The van der Waals surface area contributed by atoms with Crippen LogP contribution in [0.1, 0.15) is 38.8 Å². The molecule has 3 rings (SSSR count). The standard InChI is InChI=1S/C23H34N5O5PS/c1-16(2)32-34(29,33-17(3)4)15-35-13-19-8-6-7-18(11-19)12-28-14-25-20-21(28)26-23(24)27-22(20)31-10-9-30-5/h6-8,11,14,16-17H,9-10,12-13,15H2,1-5H3,(H2,24,26,27). The van der Waals surface area contributed by atoms with Gasteiger partial charge in [0.15, 0.2) is 11.2 Å². The molecule has 0 aliphatic rings. The first-order chi connectivity index (χ1) is 16.7. The fourth-order valence-electron chi connectivity index (χ4n) is 3.39. The third-order valence-corrected chi connectivity index (χ3v) is 8.60. The topological polar surface area (TPSA) is 124 Å². The summed E-state index contributed by atoms with van der Waals surface area (Å²) in [6.07, 6.45) is 1.36. The van der Waals surface area contributed by atoms with Crippen LogP contribution in [0, 0.1) is 0 Å². The number of nitrogens with two attached hydrogens (primary N) is 1. The molecule has 1 aromatic carbocycles. The van der Waals surface area contributed by atoms with Gasteiger partial charge < -0.3 is 28.8 Å². The van der Waals surface area contributed by atoms with Crippen LogP contribution in [0.2, 0.25) is 0 Å². The largest absolute Gasteiger partial charge is 0.474 e. The fourth-order valence-corrected chi connectivity index (χ4v) is 6.89. The molecule has 0 aliphatic heterocycles. The molecule has 0 spiro atoms. The van der Waals surface area contributed by atoms with E-state index in [4.69, 9.17) is 24.3 Å². The van der Waals surface area contributed by atoms with Crippen molar-refractivity contribution in [1.29, 1.82) is 0 Å². The molecule has 0 saturated carbocycles. The Bertz CT molecular complexity index is 1140. The van der Waals surface area contributed by atoms with Gasteiger partial charge in [0, 0.05) is 12.9 Å². The van der Waals surface area contributed by atoms with Gasteiger partial charge in [0.2, 0.25) is 11.8 Å². The highest BCUT2D eigenvalue weighted by Crippen LogP contribution is 2.53. The third kappa shape index (κ3) is 8.18. The number of rotatable bonds is 14. The Labute approximate surface area is 210 Å². The zero-order valence-corrected chi connectivity index (χ0v) is 22.6. The Hall–Kier alpha value is -2.17. The van der Waals surface area contributed by atoms with Gasteiger partial charge in [-0.25, -0.2) is 4.98 Å². The van der Waals surface area contributed by atoms with Crippen molar-refractivity contribution in [2.45, 2.75) is 52.2 Å². The lowest BCUT2D eigenvalue weighted by atomic mass is 10.1. The molecule has 12 heteroatoms. The highest BCUT2D eigenvalue weighted by Gasteiger charge is 2.27. The molecule has 0 atom stereocenters. The number of fused-ring (bicyclic) bond motifs is 1. The molecule has 0 amide bonds. The first kappa shape index (κ1) is 27.4. The molecule has 3 aromatic rings. The molecule has 192 valence electrons. The Balaban J connectivity index is 1.69. The number of anilines is 1. The monoisotopic (exact) mass is 523 g/mol. The summed E-state index contributed by atoms with van der Waals surface area (Å²) in [7, 11) is -1.57. The number of nitrogens with zero attached hydrogens (tertiary/aromatic N) is 4. The van der Waals surface area contributed by atoms with Gasteiger partial charge in [-0.1, -0.05) is 24.3 Å². The van der Waals surface area contributed by atoms with Gasteiger partial charge in [-0.05, 0) is 38.8 Å². The summed E-state index contributed by atoms with van der Waals surface area (Å²) < 4.78 is 36.9. The van der Waals surface area contributed by atoms with Crippen LogP contribution in [0.3, 0.4) is 0 Å². The second-order valence-electron chi connectivity index (χ2n) is 8.49. The summed E-state index contributed by atoms with van der Waals surface area (Å²) in [6.45, 7) is 8.75. The van der Waals surface area contributed by atoms with Crippen molar-refractivity contribution < 1.29 is 23.1 Å². The van der Waals surface area contributed by atoms with Gasteiger partial charge in [-0.15, -0.1) is 11.8 Å². The van der Waals surface area contributed by atoms with Crippen LogP contribution in [-0.4, -0.2) is 57.5 Å². The Kier molecular flexibility index (Phi) is 9.94. The van der Waals surface area contributed by atoms with Crippen LogP contribution in [-0.2, 0) is 30.6 Å². The number of benzene rings is 1. The maximum Gasteiger partial charge on any atom is 0.340 e. The Morgan fingerprint density at radius 1 is 1.09 bits per heavy atom. The SMILES string of the molecule is COCCOc1nc(N)nc2c1ncn2Cc1cccc(CSCP(=O)(OC(C)C)OC(C)C)c1. The van der Waals surface area contributed by atoms with E-state index < -0.39 is 7.60 Å². The predicted molar refractivity (Wildman–Crippen MR) is 139 cm³/mol. The number of hydrogen-bond donors (Lipinski definition) is 1. The van der Waals surface area contributed by atoms with E-state index in [1.807, 2.05) is 50.5 Å². The first-order valence-electron chi connectivity index (χ1n) is 11.4. The van der Waals surface area contributed by atoms with Crippen LogP contribution in [0.4, 0.5) is 5.95 Å². The van der Waals surface area contributed by atoms with E-state index in [0.717, 1.165) is 11.1 Å². The third-order valence-electron chi connectivity index (χ3n) is 4.58. The zero-order chi connectivity index (χ0) is 25.4. The molecule has 10 nitrogen and oxygen atoms in total. The fraction of sp³-hybridized carbons (Fsp3) is 0.522. The van der Waals surface area contributed by atoms with Gasteiger partial charge in [-0.2, -0.15) is 9.97 Å². The lowest BCUT2D eigenvalue weighted by Crippen LogP contribution is -2.09. The van der Waals surface area contributed by atoms with Gasteiger partial charge in [0.25, 0.3) is 0 Å². The summed E-state index contributed by atoms with van der Waals surface area (Å²) in [4.78, 5) is 13.0. The lowest BCUT2D eigenvalue weighted by Gasteiger charge is -2.22. The van der Waals surface area contributed by atoms with Crippen molar-refractivity contribution in [2.75, 3.05) is 31.6 Å². The quantitative estimate of drug-likeness (QED) is 0.234. The smallest absolute Gasteiger partial charge is 0.340 e. The van der Waals surface area contributed by atoms with Crippen molar-refractivity contribution in [3.63, 3.8) is 0 Å². The molecule has 35 heavy (non-hydrogen) atoms. The molecular formula is C23H34N5O5PS. The maximum atomic E-state index is 13.1. The summed E-state index contributed by atoms with van der Waals surface area (Å²) in [6, 6.07) is 8.19. The van der Waals surface area contributed by atoms with Crippen molar-refractivity contribution in [3.8, 4) is 5.88 Å². The summed E-state index contributed by atoms with van der Waals surface area (Å²) in [5.41, 5.74) is 9.52. The molecule has 0 aliphatic carbocycles. The number of imidazole rings is 1. The Morgan fingerprint density at radius 3 is 2.49 bits per heavy atom. The molecule has 2 heterocycles. The van der Waals surface area contributed by atoms with E-state index >= 15 is 0 Å². The molecular weight excluding hydrogens is 489 g/mol. The minimum Gasteiger partial charge on any atom is -0.474 e. The molecule has 0 saturated heterocycles. The van der Waals surface area contributed by atoms with Crippen LogP contribution < -0.4 is 10.5 Å². The maximum absolute atomic E-state index is 13.1. The molecule has 0 radical (unpaired) electrons. The average molecular weight is 524 g/mol. The number of aromatic nitrogens is 4. The van der Waals surface area contributed by atoms with E-state index in [-0.39, 0.29) is 18.2 Å². The number of methoxy groups -OCH3 is 1. The molecule has 0 bridgehead atoms. The highest BCUT2D eigenvalue weighted by molar-refractivity contribution is 8.03. The van der Waals surface area contributed by atoms with E-state index in [0.29, 0.717) is 48.0 Å². The Morgan fingerprint density at radius 2 is 1.80 bits per heavy atom. The van der Waals surface area contributed by atoms with Gasteiger partial charge in [0.05, 0.1) is 37.2 Å². The van der Waals surface area contributed by atoms with Crippen molar-refractivity contribution >= 4 is 36.5 Å². The second kappa shape index (κ2) is 12.7. The number of ether oxygens (including phenoxy) is 2.